The van der Waals surface area contributed by atoms with Gasteiger partial charge < -0.3 is 10.6 Å². The quantitative estimate of drug-likeness (QED) is 0.782. The Bertz CT molecular complexity index is 553. The van der Waals surface area contributed by atoms with Gasteiger partial charge in [-0.05, 0) is 31.2 Å². The molecule has 1 aliphatic heterocycles. The summed E-state index contributed by atoms with van der Waals surface area (Å²) in [6.07, 6.45) is 0. The minimum Gasteiger partial charge on any atom is -0.399 e. The van der Waals surface area contributed by atoms with Crippen LogP contribution >= 0.6 is 0 Å². The van der Waals surface area contributed by atoms with Gasteiger partial charge in [0, 0.05) is 18.8 Å². The van der Waals surface area contributed by atoms with E-state index in [2.05, 4.69) is 0 Å². The molecule has 1 heterocycles. The lowest BCUT2D eigenvalue weighted by molar-refractivity contribution is 0.486. The molecular formula is C11H16N4O2S. The van der Waals surface area contributed by atoms with E-state index in [-0.39, 0.29) is 10.9 Å². The Morgan fingerprint density at radius 2 is 1.89 bits per heavy atom. The SMILES string of the molecule is CCN1CCN(S(=O)(=O)c2ccc(N)cc2)C1=N. The van der Waals surface area contributed by atoms with E-state index in [9.17, 15) is 8.42 Å². The lowest BCUT2D eigenvalue weighted by Gasteiger charge is -2.20. The van der Waals surface area contributed by atoms with E-state index in [0.717, 1.165) is 4.31 Å². The van der Waals surface area contributed by atoms with Crippen molar-refractivity contribution >= 4 is 21.7 Å². The van der Waals surface area contributed by atoms with Gasteiger partial charge in [0.2, 0.25) is 5.96 Å². The summed E-state index contributed by atoms with van der Waals surface area (Å²) in [6.45, 7) is 3.41. The van der Waals surface area contributed by atoms with Crippen LogP contribution in [-0.4, -0.2) is 43.2 Å². The molecule has 7 heteroatoms. The largest absolute Gasteiger partial charge is 0.399 e. The van der Waals surface area contributed by atoms with Crippen molar-refractivity contribution in [2.75, 3.05) is 25.4 Å². The van der Waals surface area contributed by atoms with Crippen LogP contribution in [0.1, 0.15) is 6.92 Å². The number of nitrogens with zero attached hydrogens (tertiary/aromatic N) is 2. The summed E-state index contributed by atoms with van der Waals surface area (Å²) >= 11 is 0. The summed E-state index contributed by atoms with van der Waals surface area (Å²) in [4.78, 5) is 1.88. The van der Waals surface area contributed by atoms with Gasteiger partial charge in [-0.15, -0.1) is 0 Å². The molecule has 1 fully saturated rings. The van der Waals surface area contributed by atoms with Crippen molar-refractivity contribution in [1.82, 2.24) is 9.21 Å². The molecule has 1 aromatic rings. The molecule has 0 bridgehead atoms. The van der Waals surface area contributed by atoms with Gasteiger partial charge in [0.05, 0.1) is 11.4 Å². The van der Waals surface area contributed by atoms with Crippen LogP contribution in [0.2, 0.25) is 0 Å². The Morgan fingerprint density at radius 3 is 2.39 bits per heavy atom. The molecule has 0 aromatic heterocycles. The summed E-state index contributed by atoms with van der Waals surface area (Å²) in [7, 11) is -3.64. The fourth-order valence-electron chi connectivity index (χ4n) is 1.89. The molecule has 1 saturated heterocycles. The molecule has 0 unspecified atom stereocenters. The number of hydrogen-bond acceptors (Lipinski definition) is 4. The Labute approximate surface area is 107 Å². The van der Waals surface area contributed by atoms with E-state index in [1.807, 2.05) is 6.92 Å². The Kier molecular flexibility index (Phi) is 3.16. The number of sulfonamides is 1. The zero-order valence-corrected chi connectivity index (χ0v) is 10.9. The maximum absolute atomic E-state index is 12.3. The van der Waals surface area contributed by atoms with Crippen LogP contribution in [0.4, 0.5) is 5.69 Å². The van der Waals surface area contributed by atoms with Crippen LogP contribution < -0.4 is 5.73 Å². The lowest BCUT2D eigenvalue weighted by atomic mass is 10.3. The van der Waals surface area contributed by atoms with Crippen molar-refractivity contribution in [3.63, 3.8) is 0 Å². The predicted molar refractivity (Wildman–Crippen MR) is 69.7 cm³/mol. The molecule has 18 heavy (non-hydrogen) atoms. The molecule has 1 aromatic carbocycles. The molecule has 1 aliphatic rings. The van der Waals surface area contributed by atoms with Gasteiger partial charge in [-0.1, -0.05) is 0 Å². The smallest absolute Gasteiger partial charge is 0.266 e. The first-order valence-electron chi connectivity index (χ1n) is 5.68. The normalized spacial score (nSPS) is 16.4. The first-order valence-corrected chi connectivity index (χ1v) is 7.12. The average Bonchev–Trinajstić information content (AvgIpc) is 2.71. The average molecular weight is 268 g/mol. The number of anilines is 1. The second-order valence-electron chi connectivity index (χ2n) is 4.05. The maximum atomic E-state index is 12.3. The van der Waals surface area contributed by atoms with Gasteiger partial charge in [0.25, 0.3) is 10.0 Å². The van der Waals surface area contributed by atoms with Crippen molar-refractivity contribution in [2.45, 2.75) is 11.8 Å². The fraction of sp³-hybridized carbons (Fsp3) is 0.364. The molecular weight excluding hydrogens is 252 g/mol. The second kappa shape index (κ2) is 4.49. The number of nitrogen functional groups attached to an aromatic ring is 1. The van der Waals surface area contributed by atoms with Gasteiger partial charge in [-0.25, -0.2) is 12.7 Å². The molecule has 0 aliphatic carbocycles. The first-order chi connectivity index (χ1) is 8.46. The number of guanidine groups is 1. The zero-order valence-electron chi connectivity index (χ0n) is 10.1. The minimum absolute atomic E-state index is 0.0364. The number of rotatable bonds is 3. The van der Waals surface area contributed by atoms with E-state index in [0.29, 0.717) is 25.3 Å². The highest BCUT2D eigenvalue weighted by atomic mass is 32.2. The third kappa shape index (κ3) is 2.01. The molecule has 0 amide bonds. The summed E-state index contributed by atoms with van der Waals surface area (Å²) < 4.78 is 25.8. The Balaban J connectivity index is 2.33. The summed E-state index contributed by atoms with van der Waals surface area (Å²) in [5, 5.41) is 7.86. The topological polar surface area (TPSA) is 90.5 Å². The molecule has 3 N–H and O–H groups in total. The van der Waals surface area contributed by atoms with Gasteiger partial charge in [0.15, 0.2) is 0 Å². The van der Waals surface area contributed by atoms with Gasteiger partial charge in [-0.3, -0.25) is 5.41 Å². The van der Waals surface area contributed by atoms with Gasteiger partial charge >= 0.3 is 0 Å². The highest BCUT2D eigenvalue weighted by Gasteiger charge is 2.34. The predicted octanol–water partition coefficient (Wildman–Crippen LogP) is 0.530. The fourth-order valence-corrected chi connectivity index (χ4v) is 3.29. The van der Waals surface area contributed by atoms with Crippen molar-refractivity contribution in [3.8, 4) is 0 Å². The van der Waals surface area contributed by atoms with E-state index in [4.69, 9.17) is 11.1 Å². The second-order valence-corrected chi connectivity index (χ2v) is 5.91. The molecule has 0 atom stereocenters. The van der Waals surface area contributed by atoms with Crippen LogP contribution in [0.15, 0.2) is 29.2 Å². The van der Waals surface area contributed by atoms with Gasteiger partial charge in [-0.2, -0.15) is 0 Å². The van der Waals surface area contributed by atoms with Crippen LogP contribution in [-0.2, 0) is 10.0 Å². The summed E-state index contributed by atoms with van der Waals surface area (Å²) in [6, 6.07) is 6.02. The van der Waals surface area contributed by atoms with E-state index in [1.54, 1.807) is 17.0 Å². The van der Waals surface area contributed by atoms with Crippen LogP contribution in [0, 0.1) is 5.41 Å². The summed E-state index contributed by atoms with van der Waals surface area (Å²) in [5.74, 6) is 0.0364. The number of benzene rings is 1. The number of nitrogens with one attached hydrogen (secondary N) is 1. The van der Waals surface area contributed by atoms with Crippen molar-refractivity contribution in [3.05, 3.63) is 24.3 Å². The Morgan fingerprint density at radius 1 is 1.28 bits per heavy atom. The number of hydrogen-bond donors (Lipinski definition) is 2. The third-order valence-corrected chi connectivity index (χ3v) is 4.76. The van der Waals surface area contributed by atoms with Crippen LogP contribution in [0.25, 0.3) is 0 Å². The van der Waals surface area contributed by atoms with Gasteiger partial charge in [0.1, 0.15) is 0 Å². The van der Waals surface area contributed by atoms with Crippen LogP contribution in [0.5, 0.6) is 0 Å². The van der Waals surface area contributed by atoms with E-state index >= 15 is 0 Å². The standard InChI is InChI=1S/C11H16N4O2S/c1-2-14-7-8-15(11(14)13)18(16,17)10-5-3-9(12)4-6-10/h3-6,13H,2,7-8,12H2,1H3. The van der Waals surface area contributed by atoms with E-state index < -0.39 is 10.0 Å². The highest BCUT2D eigenvalue weighted by Crippen LogP contribution is 2.21. The molecule has 0 spiro atoms. The van der Waals surface area contributed by atoms with Crippen LogP contribution in [0.3, 0.4) is 0 Å². The van der Waals surface area contributed by atoms with Crippen molar-refractivity contribution < 1.29 is 8.42 Å². The monoisotopic (exact) mass is 268 g/mol. The molecule has 2 rings (SSSR count). The third-order valence-electron chi connectivity index (χ3n) is 2.96. The maximum Gasteiger partial charge on any atom is 0.266 e. The highest BCUT2D eigenvalue weighted by molar-refractivity contribution is 7.89. The van der Waals surface area contributed by atoms with Crippen molar-refractivity contribution in [1.29, 1.82) is 5.41 Å². The minimum atomic E-state index is -3.64. The lowest BCUT2D eigenvalue weighted by Crippen LogP contribution is -2.36. The van der Waals surface area contributed by atoms with E-state index in [1.165, 1.54) is 12.1 Å². The molecule has 0 radical (unpaired) electrons. The molecule has 6 nitrogen and oxygen atoms in total. The Hall–Kier alpha value is -1.76. The van der Waals surface area contributed by atoms with Crippen molar-refractivity contribution in [2.24, 2.45) is 0 Å². The zero-order chi connectivity index (χ0) is 13.3. The summed E-state index contributed by atoms with van der Waals surface area (Å²) in [5.41, 5.74) is 6.05. The first kappa shape index (κ1) is 12.7. The number of nitrogens with two attached hydrogens (primary N) is 1. The number of likely N-dealkylation sites (N-methyl/N-ethyl adjacent to an activating group) is 1. The molecule has 98 valence electrons. The molecule has 0 saturated carbocycles.